The first-order valence-electron chi connectivity index (χ1n) is 8.19. The molecule has 23 heavy (non-hydrogen) atoms. The molecule has 0 radical (unpaired) electrons. The van der Waals surface area contributed by atoms with Crippen molar-refractivity contribution < 1.29 is 9.47 Å². The molecule has 0 aliphatic carbocycles. The summed E-state index contributed by atoms with van der Waals surface area (Å²) in [6.07, 6.45) is 0.212. The number of rotatable bonds is 7. The number of ether oxygens (including phenoxy) is 2. The van der Waals surface area contributed by atoms with Crippen LogP contribution < -0.4 is 14.8 Å². The van der Waals surface area contributed by atoms with Crippen molar-refractivity contribution in [3.63, 3.8) is 0 Å². The molecule has 0 aliphatic heterocycles. The first kappa shape index (κ1) is 17.2. The first-order chi connectivity index (χ1) is 11.0. The first-order valence-corrected chi connectivity index (χ1v) is 8.19. The molecule has 3 heteroatoms. The lowest BCUT2D eigenvalue weighted by Crippen LogP contribution is -2.23. The standard InChI is InChI=1S/C20H27NO2/c1-14(2)22-19-9-7-6-8-18(19)21-13-17(5)23-20-12-15(3)10-11-16(20)4/h6-12,14,17,21H,13H2,1-5H3. The molecule has 3 nitrogen and oxygen atoms in total. The van der Waals surface area contributed by atoms with Crippen molar-refractivity contribution in [1.82, 2.24) is 0 Å². The van der Waals surface area contributed by atoms with Gasteiger partial charge in [0.1, 0.15) is 17.6 Å². The molecule has 0 saturated carbocycles. The molecule has 1 unspecified atom stereocenters. The maximum atomic E-state index is 6.07. The molecule has 0 saturated heterocycles. The Kier molecular flexibility index (Phi) is 5.91. The molecule has 0 aliphatic rings. The Bertz CT molecular complexity index is 637. The van der Waals surface area contributed by atoms with Crippen LogP contribution >= 0.6 is 0 Å². The van der Waals surface area contributed by atoms with E-state index in [2.05, 4.69) is 44.3 Å². The highest BCUT2D eigenvalue weighted by Gasteiger charge is 2.09. The van der Waals surface area contributed by atoms with Crippen molar-refractivity contribution in [2.45, 2.75) is 46.8 Å². The summed E-state index contributed by atoms with van der Waals surface area (Å²) in [4.78, 5) is 0. The lowest BCUT2D eigenvalue weighted by atomic mass is 10.1. The molecule has 0 spiro atoms. The summed E-state index contributed by atoms with van der Waals surface area (Å²) >= 11 is 0. The van der Waals surface area contributed by atoms with Crippen LogP contribution in [0.25, 0.3) is 0 Å². The van der Waals surface area contributed by atoms with Crippen LogP contribution in [0.5, 0.6) is 11.5 Å². The fourth-order valence-corrected chi connectivity index (χ4v) is 2.32. The maximum absolute atomic E-state index is 6.07. The summed E-state index contributed by atoms with van der Waals surface area (Å²) in [7, 11) is 0. The summed E-state index contributed by atoms with van der Waals surface area (Å²) in [6.45, 7) is 11.0. The Morgan fingerprint density at radius 3 is 2.39 bits per heavy atom. The fourth-order valence-electron chi connectivity index (χ4n) is 2.32. The topological polar surface area (TPSA) is 30.5 Å². The number of hydrogen-bond acceptors (Lipinski definition) is 3. The third kappa shape index (κ3) is 5.20. The zero-order chi connectivity index (χ0) is 16.8. The molecule has 0 heterocycles. The molecule has 1 atom stereocenters. The Morgan fingerprint density at radius 1 is 0.913 bits per heavy atom. The van der Waals surface area contributed by atoms with Crippen LogP contribution in [0.2, 0.25) is 0 Å². The van der Waals surface area contributed by atoms with E-state index in [4.69, 9.17) is 9.47 Å². The molecule has 0 bridgehead atoms. The largest absolute Gasteiger partial charge is 0.489 e. The van der Waals surface area contributed by atoms with Gasteiger partial charge >= 0.3 is 0 Å². The van der Waals surface area contributed by atoms with E-state index < -0.39 is 0 Å². The summed E-state index contributed by atoms with van der Waals surface area (Å²) in [5, 5.41) is 3.42. The highest BCUT2D eigenvalue weighted by Crippen LogP contribution is 2.25. The number of nitrogens with one attached hydrogen (secondary N) is 1. The normalized spacial score (nSPS) is 12.1. The monoisotopic (exact) mass is 313 g/mol. The minimum atomic E-state index is 0.0580. The van der Waals surface area contributed by atoms with Gasteiger partial charge in [-0.05, 0) is 63.9 Å². The molecule has 1 N–H and O–H groups in total. The lowest BCUT2D eigenvalue weighted by Gasteiger charge is -2.20. The van der Waals surface area contributed by atoms with Gasteiger partial charge in [-0.2, -0.15) is 0 Å². The van der Waals surface area contributed by atoms with Gasteiger partial charge in [0.15, 0.2) is 0 Å². The average molecular weight is 313 g/mol. The summed E-state index contributed by atoms with van der Waals surface area (Å²) in [5.74, 6) is 1.83. The third-order valence-electron chi connectivity index (χ3n) is 3.50. The number of para-hydroxylation sites is 2. The number of benzene rings is 2. The van der Waals surface area contributed by atoms with Crippen molar-refractivity contribution in [1.29, 1.82) is 0 Å². The Hall–Kier alpha value is -2.16. The van der Waals surface area contributed by atoms with E-state index in [1.807, 2.05) is 38.1 Å². The minimum Gasteiger partial charge on any atom is -0.489 e. The van der Waals surface area contributed by atoms with Crippen LogP contribution in [-0.2, 0) is 0 Å². The molecule has 0 aromatic heterocycles. The minimum absolute atomic E-state index is 0.0580. The van der Waals surface area contributed by atoms with Crippen LogP contribution in [0, 0.1) is 13.8 Å². The SMILES string of the molecule is Cc1ccc(C)c(OC(C)CNc2ccccc2OC(C)C)c1. The van der Waals surface area contributed by atoms with E-state index in [1.165, 1.54) is 5.56 Å². The van der Waals surface area contributed by atoms with Crippen molar-refractivity contribution in [3.8, 4) is 11.5 Å². The van der Waals surface area contributed by atoms with Crippen LogP contribution in [-0.4, -0.2) is 18.8 Å². The summed E-state index contributed by atoms with van der Waals surface area (Å²) in [6, 6.07) is 14.3. The highest BCUT2D eigenvalue weighted by atomic mass is 16.5. The van der Waals surface area contributed by atoms with Gasteiger partial charge in [0.2, 0.25) is 0 Å². The van der Waals surface area contributed by atoms with Crippen LogP contribution in [0.4, 0.5) is 5.69 Å². The van der Waals surface area contributed by atoms with Gasteiger partial charge in [-0.15, -0.1) is 0 Å². The number of hydrogen-bond donors (Lipinski definition) is 1. The molecular weight excluding hydrogens is 286 g/mol. The van der Waals surface area contributed by atoms with Gasteiger partial charge in [0, 0.05) is 0 Å². The van der Waals surface area contributed by atoms with Crippen LogP contribution in [0.15, 0.2) is 42.5 Å². The van der Waals surface area contributed by atoms with Crippen LogP contribution in [0.1, 0.15) is 31.9 Å². The smallest absolute Gasteiger partial charge is 0.142 e. The second kappa shape index (κ2) is 7.91. The average Bonchev–Trinajstić information content (AvgIpc) is 2.49. The number of anilines is 1. The molecule has 2 rings (SSSR count). The molecular formula is C20H27NO2. The second-order valence-corrected chi connectivity index (χ2v) is 6.24. The summed E-state index contributed by atoms with van der Waals surface area (Å²) in [5.41, 5.74) is 3.37. The molecule has 2 aromatic rings. The third-order valence-corrected chi connectivity index (χ3v) is 3.50. The van der Waals surface area contributed by atoms with E-state index in [9.17, 15) is 0 Å². The van der Waals surface area contributed by atoms with E-state index >= 15 is 0 Å². The van der Waals surface area contributed by atoms with Gasteiger partial charge in [0.25, 0.3) is 0 Å². The van der Waals surface area contributed by atoms with Crippen molar-refractivity contribution in [2.75, 3.05) is 11.9 Å². The zero-order valence-corrected chi connectivity index (χ0v) is 14.7. The van der Waals surface area contributed by atoms with Gasteiger partial charge < -0.3 is 14.8 Å². The van der Waals surface area contributed by atoms with Gasteiger partial charge in [-0.1, -0.05) is 24.3 Å². The van der Waals surface area contributed by atoms with Crippen molar-refractivity contribution >= 4 is 5.69 Å². The Labute approximate surface area is 139 Å². The van der Waals surface area contributed by atoms with E-state index in [-0.39, 0.29) is 12.2 Å². The maximum Gasteiger partial charge on any atom is 0.142 e. The van der Waals surface area contributed by atoms with E-state index in [1.54, 1.807) is 0 Å². The van der Waals surface area contributed by atoms with Gasteiger partial charge in [-0.3, -0.25) is 0 Å². The molecule has 0 fully saturated rings. The van der Waals surface area contributed by atoms with Crippen molar-refractivity contribution in [2.24, 2.45) is 0 Å². The Balaban J connectivity index is 1.97. The van der Waals surface area contributed by atoms with E-state index in [0.717, 1.165) is 22.7 Å². The lowest BCUT2D eigenvalue weighted by molar-refractivity contribution is 0.231. The summed E-state index contributed by atoms with van der Waals surface area (Å²) < 4.78 is 11.9. The highest BCUT2D eigenvalue weighted by molar-refractivity contribution is 5.56. The molecule has 2 aromatic carbocycles. The predicted octanol–water partition coefficient (Wildman–Crippen LogP) is 4.97. The molecule has 124 valence electrons. The predicted molar refractivity (Wildman–Crippen MR) is 96.7 cm³/mol. The van der Waals surface area contributed by atoms with Gasteiger partial charge in [0.05, 0.1) is 18.3 Å². The van der Waals surface area contributed by atoms with E-state index in [0.29, 0.717) is 6.54 Å². The quantitative estimate of drug-likeness (QED) is 0.783. The second-order valence-electron chi connectivity index (χ2n) is 6.24. The fraction of sp³-hybridized carbons (Fsp3) is 0.400. The van der Waals surface area contributed by atoms with Crippen LogP contribution in [0.3, 0.4) is 0 Å². The number of aryl methyl sites for hydroxylation is 2. The Morgan fingerprint density at radius 2 is 1.65 bits per heavy atom. The zero-order valence-electron chi connectivity index (χ0n) is 14.7. The molecule has 0 amide bonds. The van der Waals surface area contributed by atoms with Crippen molar-refractivity contribution in [3.05, 3.63) is 53.6 Å². The van der Waals surface area contributed by atoms with Gasteiger partial charge in [-0.25, -0.2) is 0 Å².